The number of ether oxygens (including phenoxy) is 1. The summed E-state index contributed by atoms with van der Waals surface area (Å²) in [7, 11) is 0. The Bertz CT molecular complexity index is 1970. The number of hydrogen-bond acceptors (Lipinski definition) is 8. The first-order valence-corrected chi connectivity index (χ1v) is 16.2. The van der Waals surface area contributed by atoms with Crippen molar-refractivity contribution in [2.45, 2.75) is 12.1 Å². The van der Waals surface area contributed by atoms with Crippen LogP contribution in [0.5, 0.6) is 0 Å². The van der Waals surface area contributed by atoms with E-state index in [1.165, 1.54) is 34.4 Å². The number of nitrogens with zero attached hydrogens (tertiary/aromatic N) is 2. The molecule has 0 aliphatic carbocycles. The quantitative estimate of drug-likeness (QED) is 0.101. The number of para-hydroxylation sites is 1. The second-order valence-electron chi connectivity index (χ2n) is 9.34. The molecule has 1 N–H and O–H groups in total. The van der Waals surface area contributed by atoms with Crippen molar-refractivity contribution in [1.29, 1.82) is 0 Å². The zero-order valence-corrected chi connectivity index (χ0v) is 25.4. The van der Waals surface area contributed by atoms with Gasteiger partial charge in [-0.1, -0.05) is 90.6 Å². The lowest BCUT2D eigenvalue weighted by atomic mass is 10.1. The summed E-state index contributed by atoms with van der Waals surface area (Å²) in [6.45, 7) is 1.96. The van der Waals surface area contributed by atoms with E-state index in [9.17, 15) is 14.4 Å². The Labute approximate surface area is 259 Å². The SMILES string of the molecule is CCOC(=O)c1cc(-c2ccccc2)sc1NC(=O)CSc1nc2scc(-c3ccccc3)c2c(=O)n1-c1ccccc1. The maximum absolute atomic E-state index is 14.0. The van der Waals surface area contributed by atoms with E-state index >= 15 is 0 Å². The van der Waals surface area contributed by atoms with Gasteiger partial charge in [-0.3, -0.25) is 14.2 Å². The third-order valence-electron chi connectivity index (χ3n) is 6.55. The molecule has 43 heavy (non-hydrogen) atoms. The molecule has 0 bridgehead atoms. The minimum Gasteiger partial charge on any atom is -0.462 e. The number of carbonyl (C=O) groups is 2. The molecule has 0 aliphatic heterocycles. The van der Waals surface area contributed by atoms with E-state index in [4.69, 9.17) is 9.72 Å². The average molecular weight is 624 g/mol. The zero-order chi connectivity index (χ0) is 29.8. The van der Waals surface area contributed by atoms with Crippen molar-refractivity contribution in [2.24, 2.45) is 0 Å². The topological polar surface area (TPSA) is 90.3 Å². The van der Waals surface area contributed by atoms with Crippen LogP contribution >= 0.6 is 34.4 Å². The van der Waals surface area contributed by atoms with Gasteiger partial charge in [0, 0.05) is 15.8 Å². The van der Waals surface area contributed by atoms with E-state index in [-0.39, 0.29) is 23.8 Å². The number of fused-ring (bicyclic) bond motifs is 1. The highest BCUT2D eigenvalue weighted by Gasteiger charge is 2.22. The van der Waals surface area contributed by atoms with Crippen LogP contribution in [-0.2, 0) is 9.53 Å². The summed E-state index contributed by atoms with van der Waals surface area (Å²) >= 11 is 3.88. The monoisotopic (exact) mass is 623 g/mol. The van der Waals surface area contributed by atoms with Gasteiger partial charge in [0.25, 0.3) is 5.56 Å². The summed E-state index contributed by atoms with van der Waals surface area (Å²) < 4.78 is 6.80. The van der Waals surface area contributed by atoms with Gasteiger partial charge in [0.2, 0.25) is 5.91 Å². The first kappa shape index (κ1) is 28.6. The van der Waals surface area contributed by atoms with Crippen LogP contribution < -0.4 is 10.9 Å². The predicted molar refractivity (Wildman–Crippen MR) is 176 cm³/mol. The third kappa shape index (κ3) is 6.03. The molecule has 7 nitrogen and oxygen atoms in total. The average Bonchev–Trinajstić information content (AvgIpc) is 3.66. The highest BCUT2D eigenvalue weighted by molar-refractivity contribution is 7.99. The minimum absolute atomic E-state index is 0.0253. The Morgan fingerprint density at radius 3 is 2.26 bits per heavy atom. The first-order valence-electron chi connectivity index (χ1n) is 13.5. The van der Waals surface area contributed by atoms with Crippen molar-refractivity contribution in [2.75, 3.05) is 17.7 Å². The number of thiophene rings is 2. The number of rotatable bonds is 9. The predicted octanol–water partition coefficient (Wildman–Crippen LogP) is 7.75. The number of thioether (sulfide) groups is 1. The van der Waals surface area contributed by atoms with Crippen LogP contribution in [0, 0.1) is 0 Å². The smallest absolute Gasteiger partial charge is 0.341 e. The molecule has 0 atom stereocenters. The fourth-order valence-corrected chi connectivity index (χ4v) is 7.45. The number of aromatic nitrogens is 2. The lowest BCUT2D eigenvalue weighted by molar-refractivity contribution is -0.113. The van der Waals surface area contributed by atoms with Crippen molar-refractivity contribution >= 4 is 61.5 Å². The number of esters is 1. The summed E-state index contributed by atoms with van der Waals surface area (Å²) in [6, 6.07) is 30.4. The Morgan fingerprint density at radius 1 is 0.930 bits per heavy atom. The molecular formula is C33H25N3O4S3. The normalized spacial score (nSPS) is 11.0. The van der Waals surface area contributed by atoms with Crippen LogP contribution in [0.2, 0.25) is 0 Å². The molecule has 10 heteroatoms. The fraction of sp³-hybridized carbons (Fsp3) is 0.0909. The van der Waals surface area contributed by atoms with Gasteiger partial charge in [-0.05, 0) is 36.2 Å². The van der Waals surface area contributed by atoms with E-state index in [0.29, 0.717) is 31.6 Å². The summed E-state index contributed by atoms with van der Waals surface area (Å²) in [4.78, 5) is 46.3. The molecule has 1 amide bonds. The van der Waals surface area contributed by atoms with Gasteiger partial charge in [0.05, 0.1) is 29.0 Å². The van der Waals surface area contributed by atoms with Gasteiger partial charge in [-0.15, -0.1) is 22.7 Å². The summed E-state index contributed by atoms with van der Waals surface area (Å²) in [5.74, 6) is -0.856. The number of nitrogens with one attached hydrogen (secondary N) is 1. The van der Waals surface area contributed by atoms with Crippen LogP contribution in [0.1, 0.15) is 17.3 Å². The van der Waals surface area contributed by atoms with Crippen molar-refractivity contribution in [3.63, 3.8) is 0 Å². The maximum atomic E-state index is 14.0. The molecule has 6 rings (SSSR count). The molecule has 0 saturated carbocycles. The Hall–Kier alpha value is -4.51. The summed E-state index contributed by atoms with van der Waals surface area (Å²) in [5.41, 5.74) is 3.46. The number of benzene rings is 3. The number of carbonyl (C=O) groups excluding carboxylic acids is 2. The Kier molecular flexibility index (Phi) is 8.50. The van der Waals surface area contributed by atoms with E-state index in [0.717, 1.165) is 21.6 Å². The van der Waals surface area contributed by atoms with Crippen LogP contribution in [0.15, 0.2) is 112 Å². The highest BCUT2D eigenvalue weighted by Crippen LogP contribution is 2.37. The van der Waals surface area contributed by atoms with Crippen molar-refractivity contribution in [3.8, 4) is 27.3 Å². The molecule has 0 radical (unpaired) electrons. The van der Waals surface area contributed by atoms with Gasteiger partial charge in [0.15, 0.2) is 5.16 Å². The molecule has 0 fully saturated rings. The van der Waals surface area contributed by atoms with Gasteiger partial charge in [-0.25, -0.2) is 9.78 Å². The molecule has 0 aliphatic rings. The molecule has 0 spiro atoms. The van der Waals surface area contributed by atoms with E-state index in [1.807, 2.05) is 96.4 Å². The zero-order valence-electron chi connectivity index (χ0n) is 23.0. The molecular weight excluding hydrogens is 599 g/mol. The molecule has 3 aromatic carbocycles. The first-order chi connectivity index (χ1) is 21.0. The van der Waals surface area contributed by atoms with Gasteiger partial charge in [0.1, 0.15) is 9.83 Å². The second-order valence-corrected chi connectivity index (χ2v) is 12.2. The van der Waals surface area contributed by atoms with Gasteiger partial charge in [-0.2, -0.15) is 0 Å². The summed E-state index contributed by atoms with van der Waals surface area (Å²) in [5, 5.41) is 6.20. The van der Waals surface area contributed by atoms with Crippen molar-refractivity contribution in [3.05, 3.63) is 118 Å². The van der Waals surface area contributed by atoms with Crippen LogP contribution in [-0.4, -0.2) is 33.8 Å². The third-order valence-corrected chi connectivity index (χ3v) is 9.46. The maximum Gasteiger partial charge on any atom is 0.341 e. The molecule has 3 heterocycles. The van der Waals surface area contributed by atoms with Crippen LogP contribution in [0.3, 0.4) is 0 Å². The fourth-order valence-electron chi connectivity index (χ4n) is 4.59. The second kappa shape index (κ2) is 12.8. The molecule has 0 unspecified atom stereocenters. The number of amides is 1. The van der Waals surface area contributed by atoms with Crippen LogP contribution in [0.4, 0.5) is 5.00 Å². The number of anilines is 1. The minimum atomic E-state index is -0.499. The highest BCUT2D eigenvalue weighted by atomic mass is 32.2. The Balaban J connectivity index is 1.32. The van der Waals surface area contributed by atoms with Gasteiger partial charge >= 0.3 is 5.97 Å². The molecule has 0 saturated heterocycles. The molecule has 214 valence electrons. The van der Waals surface area contributed by atoms with Gasteiger partial charge < -0.3 is 10.1 Å². The molecule has 6 aromatic rings. The van der Waals surface area contributed by atoms with Crippen LogP contribution in [0.25, 0.3) is 37.5 Å². The van der Waals surface area contributed by atoms with E-state index in [2.05, 4.69) is 5.32 Å². The standard InChI is InChI=1S/C33H25N3O4S3/c1-2-40-32(39)24-18-26(22-14-8-4-9-15-22)43-29(24)34-27(37)20-42-33-35-30-28(25(19-41-30)21-12-6-3-7-13-21)31(38)36(33)23-16-10-5-11-17-23/h3-19H,2,20H2,1H3,(H,34,37). The van der Waals surface area contributed by atoms with Crippen molar-refractivity contribution < 1.29 is 14.3 Å². The largest absolute Gasteiger partial charge is 0.462 e. The lowest BCUT2D eigenvalue weighted by Gasteiger charge is -2.13. The van der Waals surface area contributed by atoms with Crippen molar-refractivity contribution in [1.82, 2.24) is 9.55 Å². The lowest BCUT2D eigenvalue weighted by Crippen LogP contribution is -2.22. The number of hydrogen-bond donors (Lipinski definition) is 1. The molecule has 3 aromatic heterocycles. The van der Waals surface area contributed by atoms with E-state index < -0.39 is 5.97 Å². The Morgan fingerprint density at radius 2 is 1.58 bits per heavy atom. The van der Waals surface area contributed by atoms with E-state index in [1.54, 1.807) is 17.6 Å². The summed E-state index contributed by atoms with van der Waals surface area (Å²) in [6.07, 6.45) is 0.